The number of rotatable bonds is 3. The smallest absolute Gasteiger partial charge is 0.227 e. The molecule has 2 aliphatic heterocycles. The van der Waals surface area contributed by atoms with E-state index in [2.05, 4.69) is 31.1 Å². The van der Waals surface area contributed by atoms with Gasteiger partial charge in [0, 0.05) is 43.2 Å². The molecule has 2 aliphatic rings. The minimum atomic E-state index is 0.181. The first-order valence-corrected chi connectivity index (χ1v) is 10.3. The molecule has 7 heteroatoms. The Hall–Kier alpha value is -2.67. The van der Waals surface area contributed by atoms with Gasteiger partial charge in [-0.15, -0.1) is 10.2 Å². The quantitative estimate of drug-likeness (QED) is 0.732. The number of aromatic nitrogens is 4. The number of piperidine rings is 1. The molecule has 4 heterocycles. The number of H-pyrrole nitrogens is 1. The maximum absolute atomic E-state index is 13.0. The highest BCUT2D eigenvalue weighted by Crippen LogP contribution is 2.24. The molecule has 3 aromatic rings. The fraction of sp³-hybridized carbons (Fsp3) is 0.476. The van der Waals surface area contributed by atoms with E-state index in [-0.39, 0.29) is 5.91 Å². The third-order valence-electron chi connectivity index (χ3n) is 6.05. The number of nitrogens with zero attached hydrogens (tertiary/aromatic N) is 4. The second-order valence-electron chi connectivity index (χ2n) is 7.80. The maximum atomic E-state index is 13.0. The summed E-state index contributed by atoms with van der Waals surface area (Å²) in [6.45, 7) is 3.24. The van der Waals surface area contributed by atoms with Crippen molar-refractivity contribution >= 4 is 16.8 Å². The van der Waals surface area contributed by atoms with Gasteiger partial charge in [-0.25, -0.2) is 0 Å². The van der Waals surface area contributed by atoms with Gasteiger partial charge in [0.25, 0.3) is 0 Å². The van der Waals surface area contributed by atoms with Gasteiger partial charge >= 0.3 is 0 Å². The Morgan fingerprint density at radius 3 is 2.96 bits per heavy atom. The predicted octanol–water partition coefficient (Wildman–Crippen LogP) is 2.20. The Balaban J connectivity index is 1.29. The second kappa shape index (κ2) is 7.39. The molecule has 1 amide bonds. The zero-order valence-corrected chi connectivity index (χ0v) is 16.0. The van der Waals surface area contributed by atoms with Crippen LogP contribution in [-0.4, -0.2) is 50.2 Å². The van der Waals surface area contributed by atoms with Gasteiger partial charge in [0.1, 0.15) is 11.6 Å². The van der Waals surface area contributed by atoms with Crippen molar-refractivity contribution in [2.24, 2.45) is 0 Å². The first-order valence-electron chi connectivity index (χ1n) is 10.3. The molecule has 1 fully saturated rings. The van der Waals surface area contributed by atoms with E-state index in [0.717, 1.165) is 54.0 Å². The van der Waals surface area contributed by atoms with Crippen molar-refractivity contribution < 1.29 is 4.79 Å². The molecule has 2 N–H and O–H groups in total. The van der Waals surface area contributed by atoms with Gasteiger partial charge in [-0.1, -0.05) is 24.6 Å². The van der Waals surface area contributed by atoms with E-state index in [1.54, 1.807) is 0 Å². The van der Waals surface area contributed by atoms with Gasteiger partial charge in [0.05, 0.1) is 12.5 Å². The summed E-state index contributed by atoms with van der Waals surface area (Å²) >= 11 is 0. The summed E-state index contributed by atoms with van der Waals surface area (Å²) in [4.78, 5) is 18.2. The molecule has 0 radical (unpaired) electrons. The molecule has 1 saturated heterocycles. The van der Waals surface area contributed by atoms with E-state index in [4.69, 9.17) is 0 Å². The number of aromatic amines is 1. The number of carbonyl (C=O) groups excluding carboxylic acids is 1. The molecule has 2 aromatic heterocycles. The summed E-state index contributed by atoms with van der Waals surface area (Å²) < 4.78 is 2.24. The summed E-state index contributed by atoms with van der Waals surface area (Å²) in [5, 5.41) is 13.6. The van der Waals surface area contributed by atoms with Gasteiger partial charge in [0.2, 0.25) is 5.91 Å². The lowest BCUT2D eigenvalue weighted by molar-refractivity contribution is -0.130. The highest BCUT2D eigenvalue weighted by molar-refractivity contribution is 5.88. The normalized spacial score (nSPS) is 20.1. The van der Waals surface area contributed by atoms with E-state index in [9.17, 15) is 4.79 Å². The lowest BCUT2D eigenvalue weighted by atomic mass is 10.0. The number of benzene rings is 1. The summed E-state index contributed by atoms with van der Waals surface area (Å²) in [5.41, 5.74) is 2.15. The number of carbonyl (C=O) groups is 1. The van der Waals surface area contributed by atoms with E-state index in [1.165, 1.54) is 12.8 Å². The van der Waals surface area contributed by atoms with Gasteiger partial charge < -0.3 is 19.8 Å². The van der Waals surface area contributed by atoms with E-state index in [0.29, 0.717) is 25.6 Å². The fourth-order valence-electron chi connectivity index (χ4n) is 4.48. The molecule has 0 saturated carbocycles. The average Bonchev–Trinajstić information content (AvgIpc) is 3.27. The number of fused-ring (bicyclic) bond motifs is 2. The van der Waals surface area contributed by atoms with Crippen molar-refractivity contribution in [2.45, 2.75) is 44.7 Å². The fourth-order valence-corrected chi connectivity index (χ4v) is 4.48. The predicted molar refractivity (Wildman–Crippen MR) is 107 cm³/mol. The van der Waals surface area contributed by atoms with Crippen molar-refractivity contribution in [1.82, 2.24) is 30.0 Å². The SMILES string of the molecule is O=C(Cc1c[nH]c2ccccc12)N1CCc2nnc([C@H]3CCCCN3)n2CC1. The molecule has 0 unspecified atom stereocenters. The third kappa shape index (κ3) is 3.20. The van der Waals surface area contributed by atoms with Crippen molar-refractivity contribution in [1.29, 1.82) is 0 Å². The number of hydrogen-bond donors (Lipinski definition) is 2. The van der Waals surface area contributed by atoms with Gasteiger partial charge in [-0.05, 0) is 31.0 Å². The topological polar surface area (TPSA) is 78.8 Å². The van der Waals surface area contributed by atoms with Crippen molar-refractivity contribution in [2.75, 3.05) is 19.6 Å². The molecular weight excluding hydrogens is 352 g/mol. The number of nitrogens with one attached hydrogen (secondary N) is 2. The van der Waals surface area contributed by atoms with E-state index >= 15 is 0 Å². The van der Waals surface area contributed by atoms with Gasteiger partial charge in [-0.3, -0.25) is 4.79 Å². The van der Waals surface area contributed by atoms with Crippen LogP contribution in [0.1, 0.15) is 42.5 Å². The lowest BCUT2D eigenvalue weighted by Crippen LogP contribution is -2.35. The van der Waals surface area contributed by atoms with Crippen LogP contribution in [0.25, 0.3) is 10.9 Å². The average molecular weight is 378 g/mol. The van der Waals surface area contributed by atoms with Crippen LogP contribution in [0.4, 0.5) is 0 Å². The first-order chi connectivity index (χ1) is 13.8. The summed E-state index contributed by atoms with van der Waals surface area (Å²) in [7, 11) is 0. The number of amides is 1. The third-order valence-corrected chi connectivity index (χ3v) is 6.05. The molecule has 28 heavy (non-hydrogen) atoms. The second-order valence-corrected chi connectivity index (χ2v) is 7.80. The molecule has 146 valence electrons. The Kier molecular flexibility index (Phi) is 4.60. The maximum Gasteiger partial charge on any atom is 0.227 e. The van der Waals surface area contributed by atoms with Crippen LogP contribution in [0.2, 0.25) is 0 Å². The Labute approximate surface area is 164 Å². The van der Waals surface area contributed by atoms with Crippen molar-refractivity contribution in [3.63, 3.8) is 0 Å². The molecule has 0 aliphatic carbocycles. The monoisotopic (exact) mass is 378 g/mol. The highest BCUT2D eigenvalue weighted by atomic mass is 16.2. The highest BCUT2D eigenvalue weighted by Gasteiger charge is 2.26. The van der Waals surface area contributed by atoms with Crippen LogP contribution in [0, 0.1) is 0 Å². The lowest BCUT2D eigenvalue weighted by Gasteiger charge is -2.24. The molecule has 1 aromatic carbocycles. The van der Waals surface area contributed by atoms with Gasteiger partial charge in [-0.2, -0.15) is 0 Å². The molecule has 0 bridgehead atoms. The minimum Gasteiger partial charge on any atom is -0.361 e. The van der Waals surface area contributed by atoms with Crippen LogP contribution in [0.15, 0.2) is 30.5 Å². The van der Waals surface area contributed by atoms with Crippen LogP contribution in [0.5, 0.6) is 0 Å². The summed E-state index contributed by atoms with van der Waals surface area (Å²) in [5.74, 6) is 2.23. The standard InChI is InChI=1S/C21H26N6O/c28-20(13-15-14-23-17-6-2-1-5-16(15)17)26-10-8-19-24-25-21(27(19)12-11-26)18-7-3-4-9-22-18/h1-2,5-6,14,18,22-23H,3-4,7-13H2/t18-/m1/s1. The zero-order chi connectivity index (χ0) is 18.9. The van der Waals surface area contributed by atoms with Gasteiger partial charge in [0.15, 0.2) is 0 Å². The minimum absolute atomic E-state index is 0.181. The van der Waals surface area contributed by atoms with E-state index < -0.39 is 0 Å². The first kappa shape index (κ1) is 17.4. The van der Waals surface area contributed by atoms with Crippen molar-refractivity contribution in [3.05, 3.63) is 47.7 Å². The van der Waals surface area contributed by atoms with Crippen LogP contribution in [0.3, 0.4) is 0 Å². The Morgan fingerprint density at radius 1 is 1.14 bits per heavy atom. The van der Waals surface area contributed by atoms with Crippen LogP contribution in [-0.2, 0) is 24.2 Å². The molecule has 7 nitrogen and oxygen atoms in total. The molecule has 1 atom stereocenters. The Bertz CT molecular complexity index is 984. The zero-order valence-electron chi connectivity index (χ0n) is 16.0. The van der Waals surface area contributed by atoms with Crippen LogP contribution >= 0.6 is 0 Å². The van der Waals surface area contributed by atoms with Crippen LogP contribution < -0.4 is 5.32 Å². The number of para-hydroxylation sites is 1. The van der Waals surface area contributed by atoms with Crippen molar-refractivity contribution in [3.8, 4) is 0 Å². The molecule has 5 rings (SSSR count). The summed E-state index contributed by atoms with van der Waals surface area (Å²) in [6.07, 6.45) is 6.73. The molecule has 0 spiro atoms. The largest absolute Gasteiger partial charge is 0.361 e. The molecular formula is C21H26N6O. The Morgan fingerprint density at radius 2 is 2.07 bits per heavy atom. The van der Waals surface area contributed by atoms with E-state index in [1.807, 2.05) is 29.3 Å². The summed E-state index contributed by atoms with van der Waals surface area (Å²) in [6, 6.07) is 8.43. The number of hydrogen-bond acceptors (Lipinski definition) is 4.